The number of aromatic amines is 1. The van der Waals surface area contributed by atoms with Crippen LogP contribution < -0.4 is 15.4 Å². The number of hydrogen-bond donors (Lipinski definition) is 3. The monoisotopic (exact) mass is 384 g/mol. The number of amides is 1. The molecule has 1 saturated carbocycles. The van der Waals surface area contributed by atoms with Gasteiger partial charge in [0.15, 0.2) is 0 Å². The van der Waals surface area contributed by atoms with Crippen LogP contribution >= 0.6 is 0 Å². The molecule has 0 bridgehead atoms. The van der Waals surface area contributed by atoms with Crippen molar-refractivity contribution in [1.82, 2.24) is 15.5 Å². The third-order valence-electron chi connectivity index (χ3n) is 5.45. The summed E-state index contributed by atoms with van der Waals surface area (Å²) in [5, 5.41) is 14.1. The Balaban J connectivity index is 1.69. The summed E-state index contributed by atoms with van der Waals surface area (Å²) in [5.74, 6) is 0.858. The van der Waals surface area contributed by atoms with Gasteiger partial charge in [0.05, 0.1) is 25.0 Å². The first-order valence-electron chi connectivity index (χ1n) is 10.1. The molecule has 1 aliphatic rings. The van der Waals surface area contributed by atoms with Crippen LogP contribution in [0.4, 0.5) is 5.69 Å². The first-order valence-corrected chi connectivity index (χ1v) is 10.1. The highest BCUT2D eigenvalue weighted by Gasteiger charge is 2.39. The van der Waals surface area contributed by atoms with Gasteiger partial charge in [-0.1, -0.05) is 40.0 Å². The minimum atomic E-state index is -0.570. The number of carbonyl (C=O) groups is 1. The molecule has 0 aliphatic heterocycles. The SMILES string of the molecule is COc1ccc(NC2(C(=O)NCc3cc(C(C)(C)C)n[nH]3)CCCCC2)cc1. The molecule has 1 aliphatic carbocycles. The van der Waals surface area contributed by atoms with Crippen molar-refractivity contribution in [2.24, 2.45) is 0 Å². The summed E-state index contributed by atoms with van der Waals surface area (Å²) >= 11 is 0. The van der Waals surface area contributed by atoms with Gasteiger partial charge in [-0.25, -0.2) is 0 Å². The van der Waals surface area contributed by atoms with Gasteiger partial charge in [0.25, 0.3) is 0 Å². The summed E-state index contributed by atoms with van der Waals surface area (Å²) in [4.78, 5) is 13.2. The highest BCUT2D eigenvalue weighted by atomic mass is 16.5. The van der Waals surface area contributed by atoms with Crippen molar-refractivity contribution in [1.29, 1.82) is 0 Å². The zero-order chi connectivity index (χ0) is 20.2. The number of carbonyl (C=O) groups excluding carboxylic acids is 1. The molecule has 0 spiro atoms. The Morgan fingerprint density at radius 1 is 1.18 bits per heavy atom. The van der Waals surface area contributed by atoms with Crippen LogP contribution in [0.1, 0.15) is 64.3 Å². The quantitative estimate of drug-likeness (QED) is 0.699. The van der Waals surface area contributed by atoms with E-state index in [9.17, 15) is 4.79 Å². The van der Waals surface area contributed by atoms with Crippen LogP contribution in [0.15, 0.2) is 30.3 Å². The molecule has 6 heteroatoms. The zero-order valence-electron chi connectivity index (χ0n) is 17.4. The minimum absolute atomic E-state index is 0.0146. The van der Waals surface area contributed by atoms with E-state index in [1.165, 1.54) is 6.42 Å². The molecular formula is C22H32N4O2. The third kappa shape index (κ3) is 4.66. The lowest BCUT2D eigenvalue weighted by Gasteiger charge is -2.37. The summed E-state index contributed by atoms with van der Waals surface area (Å²) in [5.41, 5.74) is 2.28. The predicted molar refractivity (Wildman–Crippen MR) is 112 cm³/mol. The standard InChI is InChI=1S/C22H32N4O2/c1-21(2,3)19-14-17(25-26-19)15-23-20(27)22(12-6-5-7-13-22)24-16-8-10-18(28-4)11-9-16/h8-11,14,24H,5-7,12-13,15H2,1-4H3,(H,23,27)(H,25,26). The van der Waals surface area contributed by atoms with Gasteiger partial charge in [-0.15, -0.1) is 0 Å². The fourth-order valence-electron chi connectivity index (χ4n) is 3.70. The second-order valence-electron chi connectivity index (χ2n) is 8.71. The Morgan fingerprint density at radius 3 is 2.43 bits per heavy atom. The smallest absolute Gasteiger partial charge is 0.245 e. The normalized spacial score (nSPS) is 16.4. The molecule has 0 unspecified atom stereocenters. The number of ether oxygens (including phenoxy) is 1. The van der Waals surface area contributed by atoms with Gasteiger partial charge in [-0.3, -0.25) is 9.89 Å². The molecule has 3 N–H and O–H groups in total. The molecule has 0 atom stereocenters. The van der Waals surface area contributed by atoms with Crippen LogP contribution in [0, 0.1) is 0 Å². The van der Waals surface area contributed by atoms with Gasteiger partial charge in [0, 0.05) is 11.1 Å². The molecule has 152 valence electrons. The maximum Gasteiger partial charge on any atom is 0.245 e. The topological polar surface area (TPSA) is 79.0 Å². The highest BCUT2D eigenvalue weighted by Crippen LogP contribution is 2.32. The molecule has 0 saturated heterocycles. The lowest BCUT2D eigenvalue weighted by molar-refractivity contribution is -0.126. The first-order chi connectivity index (χ1) is 13.3. The van der Waals surface area contributed by atoms with Crippen molar-refractivity contribution in [3.05, 3.63) is 41.7 Å². The highest BCUT2D eigenvalue weighted by molar-refractivity contribution is 5.89. The summed E-state index contributed by atoms with van der Waals surface area (Å²) in [6, 6.07) is 9.79. The third-order valence-corrected chi connectivity index (χ3v) is 5.45. The van der Waals surface area contributed by atoms with E-state index in [1.54, 1.807) is 7.11 Å². The number of H-pyrrole nitrogens is 1. The van der Waals surface area contributed by atoms with Crippen molar-refractivity contribution >= 4 is 11.6 Å². The van der Waals surface area contributed by atoms with E-state index < -0.39 is 5.54 Å². The van der Waals surface area contributed by atoms with E-state index in [0.717, 1.165) is 48.5 Å². The van der Waals surface area contributed by atoms with Crippen LogP contribution in [0.2, 0.25) is 0 Å². The first kappa shape index (κ1) is 20.2. The van der Waals surface area contributed by atoms with Crippen LogP contribution in [0.3, 0.4) is 0 Å². The Hall–Kier alpha value is -2.50. The second-order valence-corrected chi connectivity index (χ2v) is 8.71. The molecule has 1 fully saturated rings. The molecular weight excluding hydrogens is 352 g/mol. The van der Waals surface area contributed by atoms with Crippen molar-refractivity contribution in [2.45, 2.75) is 70.4 Å². The molecule has 2 aromatic rings. The number of nitrogens with one attached hydrogen (secondary N) is 3. The minimum Gasteiger partial charge on any atom is -0.497 e. The summed E-state index contributed by atoms with van der Waals surface area (Å²) in [6.07, 6.45) is 4.95. The molecule has 1 aromatic heterocycles. The van der Waals surface area contributed by atoms with Crippen LogP contribution in [-0.4, -0.2) is 28.8 Å². The Labute approximate surface area is 167 Å². The lowest BCUT2D eigenvalue weighted by Crippen LogP contribution is -2.53. The van der Waals surface area contributed by atoms with Crippen molar-refractivity contribution in [2.75, 3.05) is 12.4 Å². The van der Waals surface area contributed by atoms with Crippen LogP contribution in [-0.2, 0) is 16.8 Å². The van der Waals surface area contributed by atoms with Gasteiger partial charge >= 0.3 is 0 Å². The predicted octanol–water partition coefficient (Wildman–Crippen LogP) is 4.15. The van der Waals surface area contributed by atoms with E-state index in [-0.39, 0.29) is 11.3 Å². The Bertz CT molecular complexity index is 784. The van der Waals surface area contributed by atoms with Crippen LogP contribution in [0.25, 0.3) is 0 Å². The molecule has 28 heavy (non-hydrogen) atoms. The van der Waals surface area contributed by atoms with Gasteiger partial charge in [-0.05, 0) is 43.2 Å². The maximum atomic E-state index is 13.2. The number of methoxy groups -OCH3 is 1. The lowest BCUT2D eigenvalue weighted by atomic mass is 9.80. The van der Waals surface area contributed by atoms with Crippen molar-refractivity contribution < 1.29 is 9.53 Å². The van der Waals surface area contributed by atoms with Crippen LogP contribution in [0.5, 0.6) is 5.75 Å². The summed E-state index contributed by atoms with van der Waals surface area (Å²) < 4.78 is 5.23. The molecule has 1 aromatic carbocycles. The number of benzene rings is 1. The zero-order valence-corrected chi connectivity index (χ0v) is 17.4. The largest absolute Gasteiger partial charge is 0.497 e. The van der Waals surface area contributed by atoms with E-state index >= 15 is 0 Å². The maximum absolute atomic E-state index is 13.2. The fraction of sp³-hybridized carbons (Fsp3) is 0.545. The molecule has 3 rings (SSSR count). The number of nitrogens with zero attached hydrogens (tertiary/aromatic N) is 1. The molecule has 0 radical (unpaired) electrons. The summed E-state index contributed by atoms with van der Waals surface area (Å²) in [6.45, 7) is 6.83. The van der Waals surface area contributed by atoms with Gasteiger partial charge < -0.3 is 15.4 Å². The Morgan fingerprint density at radius 2 is 1.86 bits per heavy atom. The van der Waals surface area contributed by atoms with Gasteiger partial charge in [0.1, 0.15) is 11.3 Å². The number of hydrogen-bond acceptors (Lipinski definition) is 4. The van der Waals surface area contributed by atoms with E-state index in [1.807, 2.05) is 30.3 Å². The molecule has 1 amide bonds. The second kappa shape index (κ2) is 8.25. The van der Waals surface area contributed by atoms with Crippen molar-refractivity contribution in [3.8, 4) is 5.75 Å². The molecule has 6 nitrogen and oxygen atoms in total. The fourth-order valence-corrected chi connectivity index (χ4v) is 3.70. The van der Waals surface area contributed by atoms with Crippen molar-refractivity contribution in [3.63, 3.8) is 0 Å². The molecule has 1 heterocycles. The van der Waals surface area contributed by atoms with E-state index in [4.69, 9.17) is 4.74 Å². The van der Waals surface area contributed by atoms with Gasteiger partial charge in [-0.2, -0.15) is 5.10 Å². The van der Waals surface area contributed by atoms with E-state index in [0.29, 0.717) is 6.54 Å². The number of aromatic nitrogens is 2. The van der Waals surface area contributed by atoms with Gasteiger partial charge in [0.2, 0.25) is 5.91 Å². The van der Waals surface area contributed by atoms with E-state index in [2.05, 4.69) is 41.6 Å². The summed E-state index contributed by atoms with van der Waals surface area (Å²) in [7, 11) is 1.65. The number of anilines is 1. The average molecular weight is 385 g/mol. The Kier molecular flexibility index (Phi) is 5.96. The average Bonchev–Trinajstić information content (AvgIpc) is 3.17. The number of rotatable bonds is 6.